The Labute approximate surface area is 88.1 Å². The van der Waals surface area contributed by atoms with Crippen molar-refractivity contribution in [3.63, 3.8) is 0 Å². The van der Waals surface area contributed by atoms with Gasteiger partial charge in [-0.25, -0.2) is 0 Å². The summed E-state index contributed by atoms with van der Waals surface area (Å²) >= 11 is 0. The van der Waals surface area contributed by atoms with Crippen LogP contribution in [0, 0.1) is 5.92 Å². The zero-order valence-electron chi connectivity index (χ0n) is 9.11. The molecular weight excluding hydrogens is 198 g/mol. The first-order valence-corrected chi connectivity index (χ1v) is 4.84. The Balaban J connectivity index is 2.91. The first-order valence-electron chi connectivity index (χ1n) is 4.84. The summed E-state index contributed by atoms with van der Waals surface area (Å²) in [6, 6.07) is 0. The number of hydrogen-bond donors (Lipinski definition) is 1. The van der Waals surface area contributed by atoms with E-state index in [0.29, 0.717) is 0 Å². The van der Waals surface area contributed by atoms with Crippen LogP contribution in [0.2, 0.25) is 0 Å². The van der Waals surface area contributed by atoms with Gasteiger partial charge in [-0.15, -0.1) is 0 Å². The van der Waals surface area contributed by atoms with Crippen molar-refractivity contribution in [1.82, 2.24) is 4.90 Å². The predicted molar refractivity (Wildman–Crippen MR) is 52.0 cm³/mol. The van der Waals surface area contributed by atoms with Gasteiger partial charge in [0.05, 0.1) is 12.0 Å². The molecule has 0 aromatic carbocycles. The molecule has 1 N–H and O–H groups in total. The van der Waals surface area contributed by atoms with Gasteiger partial charge in [-0.1, -0.05) is 6.92 Å². The number of nitrogens with zero attached hydrogens (tertiary/aromatic N) is 1. The number of amides is 2. The second-order valence-electron chi connectivity index (χ2n) is 4.56. The van der Waals surface area contributed by atoms with Crippen LogP contribution >= 0.6 is 0 Å². The number of carbonyl (C=O) groups excluding carboxylic acids is 2. The van der Waals surface area contributed by atoms with E-state index in [0.717, 1.165) is 4.90 Å². The molecule has 0 bridgehead atoms. The van der Waals surface area contributed by atoms with Crippen LogP contribution in [0.25, 0.3) is 0 Å². The summed E-state index contributed by atoms with van der Waals surface area (Å²) in [5, 5.41) is 8.70. The summed E-state index contributed by atoms with van der Waals surface area (Å²) in [5.74, 6) is -1.89. The van der Waals surface area contributed by atoms with Gasteiger partial charge in [0.25, 0.3) is 0 Å². The summed E-state index contributed by atoms with van der Waals surface area (Å²) < 4.78 is 0. The minimum Gasteiger partial charge on any atom is -0.481 e. The summed E-state index contributed by atoms with van der Waals surface area (Å²) in [5.41, 5.74) is -0.940. The van der Waals surface area contributed by atoms with E-state index in [1.807, 2.05) is 0 Å². The van der Waals surface area contributed by atoms with Crippen LogP contribution in [-0.2, 0) is 14.4 Å². The topological polar surface area (TPSA) is 74.7 Å². The molecule has 0 radical (unpaired) electrons. The quantitative estimate of drug-likeness (QED) is 0.698. The van der Waals surface area contributed by atoms with Gasteiger partial charge in [0, 0.05) is 12.3 Å². The van der Waals surface area contributed by atoms with E-state index < -0.39 is 11.5 Å². The van der Waals surface area contributed by atoms with Crippen molar-refractivity contribution < 1.29 is 19.5 Å². The fraction of sp³-hybridized carbons (Fsp3) is 0.700. The van der Waals surface area contributed by atoms with Gasteiger partial charge < -0.3 is 5.11 Å². The molecule has 0 spiro atoms. The van der Waals surface area contributed by atoms with Crippen LogP contribution in [0.4, 0.5) is 0 Å². The molecular formula is C10H15NO4. The predicted octanol–water partition coefficient (Wildman–Crippen LogP) is 0.635. The monoisotopic (exact) mass is 213 g/mol. The summed E-state index contributed by atoms with van der Waals surface area (Å²) in [7, 11) is 0. The Morgan fingerprint density at radius 3 is 2.40 bits per heavy atom. The Morgan fingerprint density at radius 2 is 2.07 bits per heavy atom. The van der Waals surface area contributed by atoms with E-state index in [1.54, 1.807) is 20.8 Å². The highest BCUT2D eigenvalue weighted by Gasteiger charge is 2.44. The second kappa shape index (κ2) is 3.64. The van der Waals surface area contributed by atoms with Gasteiger partial charge in [-0.3, -0.25) is 19.3 Å². The molecule has 1 aliphatic heterocycles. The summed E-state index contributed by atoms with van der Waals surface area (Å²) in [6.07, 6.45) is -0.0426. The maximum Gasteiger partial charge on any atom is 0.305 e. The van der Waals surface area contributed by atoms with Gasteiger partial charge in [-0.05, 0) is 13.8 Å². The lowest BCUT2D eigenvalue weighted by molar-refractivity contribution is -0.148. The zero-order chi connectivity index (χ0) is 11.8. The van der Waals surface area contributed by atoms with Crippen molar-refractivity contribution in [3.05, 3.63) is 0 Å². The third-order valence-electron chi connectivity index (χ3n) is 2.56. The molecule has 1 heterocycles. The van der Waals surface area contributed by atoms with E-state index in [1.165, 1.54) is 0 Å². The first-order chi connectivity index (χ1) is 6.75. The second-order valence-corrected chi connectivity index (χ2v) is 4.56. The number of carboxylic acids is 1. The minimum atomic E-state index is -1.01. The Kier molecular flexibility index (Phi) is 2.83. The van der Waals surface area contributed by atoms with Crippen molar-refractivity contribution >= 4 is 17.8 Å². The van der Waals surface area contributed by atoms with Crippen LogP contribution in [0.5, 0.6) is 0 Å². The third-order valence-corrected chi connectivity index (χ3v) is 2.56. The average molecular weight is 213 g/mol. The van der Waals surface area contributed by atoms with E-state index in [-0.39, 0.29) is 30.6 Å². The van der Waals surface area contributed by atoms with Crippen molar-refractivity contribution in [2.24, 2.45) is 5.92 Å². The Morgan fingerprint density at radius 1 is 1.53 bits per heavy atom. The van der Waals surface area contributed by atoms with Crippen LogP contribution in [0.15, 0.2) is 0 Å². The van der Waals surface area contributed by atoms with Crippen molar-refractivity contribution in [2.45, 2.75) is 39.2 Å². The molecule has 84 valence electrons. The lowest BCUT2D eigenvalue weighted by atomic mass is 9.98. The molecule has 0 aromatic heterocycles. The standard InChI is InChI=1S/C10H15NO4/c1-6-4-7(12)11(9(6)15)10(2,3)5-8(13)14/h6H,4-5H2,1-3H3,(H,13,14). The fourth-order valence-electron chi connectivity index (χ4n) is 1.87. The van der Waals surface area contributed by atoms with Gasteiger partial charge >= 0.3 is 5.97 Å². The van der Waals surface area contributed by atoms with Crippen LogP contribution in [0.1, 0.15) is 33.6 Å². The highest BCUT2D eigenvalue weighted by Crippen LogP contribution is 2.29. The lowest BCUT2D eigenvalue weighted by Gasteiger charge is -2.32. The summed E-state index contributed by atoms with van der Waals surface area (Å²) in [4.78, 5) is 34.9. The Bertz CT molecular complexity index is 321. The minimum absolute atomic E-state index is 0.182. The highest BCUT2D eigenvalue weighted by atomic mass is 16.4. The van der Waals surface area contributed by atoms with E-state index in [4.69, 9.17) is 5.11 Å². The lowest BCUT2D eigenvalue weighted by Crippen LogP contribution is -2.48. The average Bonchev–Trinajstić information content (AvgIpc) is 2.23. The number of rotatable bonds is 3. The number of hydrogen-bond acceptors (Lipinski definition) is 3. The van der Waals surface area contributed by atoms with Crippen LogP contribution < -0.4 is 0 Å². The molecule has 1 rings (SSSR count). The molecule has 0 aliphatic carbocycles. The summed E-state index contributed by atoms with van der Waals surface area (Å²) in [6.45, 7) is 4.86. The molecule has 5 heteroatoms. The number of imide groups is 1. The normalized spacial score (nSPS) is 22.3. The smallest absolute Gasteiger partial charge is 0.305 e. The third kappa shape index (κ3) is 2.16. The fourth-order valence-corrected chi connectivity index (χ4v) is 1.87. The molecule has 1 aliphatic rings. The van der Waals surface area contributed by atoms with Gasteiger partial charge in [-0.2, -0.15) is 0 Å². The number of likely N-dealkylation sites (tertiary alicyclic amines) is 1. The van der Waals surface area contributed by atoms with Gasteiger partial charge in [0.1, 0.15) is 0 Å². The number of carboxylic acid groups (broad SMARTS) is 1. The first kappa shape index (κ1) is 11.7. The van der Waals surface area contributed by atoms with Crippen molar-refractivity contribution in [1.29, 1.82) is 0 Å². The largest absolute Gasteiger partial charge is 0.481 e. The SMILES string of the molecule is CC1CC(=O)N(C(C)(C)CC(=O)O)C1=O. The van der Waals surface area contributed by atoms with Crippen molar-refractivity contribution in [2.75, 3.05) is 0 Å². The van der Waals surface area contributed by atoms with E-state index in [9.17, 15) is 14.4 Å². The zero-order valence-corrected chi connectivity index (χ0v) is 9.11. The number of aliphatic carboxylic acids is 1. The molecule has 1 atom stereocenters. The van der Waals surface area contributed by atoms with Crippen molar-refractivity contribution in [3.8, 4) is 0 Å². The maximum absolute atomic E-state index is 11.7. The molecule has 1 unspecified atom stereocenters. The molecule has 2 amide bonds. The van der Waals surface area contributed by atoms with Crippen LogP contribution in [-0.4, -0.2) is 33.3 Å². The maximum atomic E-state index is 11.7. The molecule has 15 heavy (non-hydrogen) atoms. The van der Waals surface area contributed by atoms with Gasteiger partial charge in [0.2, 0.25) is 11.8 Å². The highest BCUT2D eigenvalue weighted by molar-refractivity contribution is 6.04. The Hall–Kier alpha value is -1.39. The molecule has 0 aromatic rings. The van der Waals surface area contributed by atoms with Crippen LogP contribution in [0.3, 0.4) is 0 Å². The molecule has 1 fully saturated rings. The van der Waals surface area contributed by atoms with Gasteiger partial charge in [0.15, 0.2) is 0 Å². The number of carbonyl (C=O) groups is 3. The molecule has 1 saturated heterocycles. The molecule has 5 nitrogen and oxygen atoms in total. The van der Waals surface area contributed by atoms with E-state index >= 15 is 0 Å². The molecule has 0 saturated carbocycles. The van der Waals surface area contributed by atoms with E-state index in [2.05, 4.69) is 0 Å².